The van der Waals surface area contributed by atoms with Gasteiger partial charge in [0, 0.05) is 24.4 Å². The molecule has 0 radical (unpaired) electrons. The third-order valence-electron chi connectivity index (χ3n) is 2.72. The Morgan fingerprint density at radius 3 is 2.75 bits per heavy atom. The highest BCUT2D eigenvalue weighted by Gasteiger charge is 2.01. The molecule has 0 saturated heterocycles. The van der Waals surface area contributed by atoms with Gasteiger partial charge in [-0.25, -0.2) is 4.98 Å². The van der Waals surface area contributed by atoms with Crippen LogP contribution in [0.2, 0.25) is 0 Å². The fourth-order valence-electron chi connectivity index (χ4n) is 1.74. The number of carbonyl (C=O) groups is 1. The molecule has 104 valence electrons. The van der Waals surface area contributed by atoms with E-state index in [0.717, 1.165) is 23.2 Å². The van der Waals surface area contributed by atoms with Gasteiger partial charge in [0.25, 0.3) is 0 Å². The summed E-state index contributed by atoms with van der Waals surface area (Å²) in [6.45, 7) is 2.19. The van der Waals surface area contributed by atoms with Gasteiger partial charge in [0.1, 0.15) is 0 Å². The van der Waals surface area contributed by atoms with Crippen LogP contribution in [0.1, 0.15) is 18.9 Å². The normalized spacial score (nSPS) is 10.8. The van der Waals surface area contributed by atoms with Crippen LogP contribution in [0, 0.1) is 0 Å². The first-order chi connectivity index (χ1) is 9.65. The molecule has 1 aromatic heterocycles. The van der Waals surface area contributed by atoms with Gasteiger partial charge in [0.05, 0.1) is 5.69 Å². The van der Waals surface area contributed by atoms with E-state index in [-0.39, 0.29) is 5.91 Å². The maximum atomic E-state index is 10.7. The maximum absolute atomic E-state index is 10.7. The number of nitrogen functional groups attached to an aromatic ring is 1. The third-order valence-corrected chi connectivity index (χ3v) is 3.40. The van der Waals surface area contributed by atoms with Crippen molar-refractivity contribution in [2.45, 2.75) is 13.3 Å². The molecule has 1 aromatic carbocycles. The predicted octanol–water partition coefficient (Wildman–Crippen LogP) is 2.93. The van der Waals surface area contributed by atoms with Gasteiger partial charge >= 0.3 is 0 Å². The summed E-state index contributed by atoms with van der Waals surface area (Å²) in [6.07, 6.45) is 4.91. The van der Waals surface area contributed by atoms with Crippen molar-refractivity contribution in [3.05, 3.63) is 41.3 Å². The number of benzene rings is 1. The number of rotatable bonds is 5. The number of amides is 1. The van der Waals surface area contributed by atoms with Gasteiger partial charge in [-0.05, 0) is 12.0 Å². The summed E-state index contributed by atoms with van der Waals surface area (Å²) in [6, 6.07) is 8.14. The molecular formula is C15H17N3OS. The number of nitrogens with zero attached hydrogens (tertiary/aromatic N) is 1. The summed E-state index contributed by atoms with van der Waals surface area (Å²) in [5, 5.41) is 5.29. The Balaban J connectivity index is 1.91. The number of anilines is 1. The van der Waals surface area contributed by atoms with Gasteiger partial charge in [-0.1, -0.05) is 36.4 Å². The van der Waals surface area contributed by atoms with E-state index in [2.05, 4.69) is 10.3 Å². The van der Waals surface area contributed by atoms with Crippen LogP contribution in [-0.2, 0) is 4.79 Å². The van der Waals surface area contributed by atoms with Crippen LogP contribution >= 0.6 is 11.3 Å². The molecule has 20 heavy (non-hydrogen) atoms. The summed E-state index contributed by atoms with van der Waals surface area (Å²) < 4.78 is 0. The highest BCUT2D eigenvalue weighted by molar-refractivity contribution is 7.13. The molecular weight excluding hydrogens is 270 g/mol. The lowest BCUT2D eigenvalue weighted by Crippen LogP contribution is -2.20. The number of hydrogen-bond donors (Lipinski definition) is 2. The number of carbonyl (C=O) groups excluding carboxylic acids is 1. The minimum atomic E-state index is 0.00490. The first-order valence-corrected chi connectivity index (χ1v) is 7.25. The SMILES string of the molecule is CC(=O)NCCC=Cc1ccc(-c2csc(N)n2)cc1. The molecule has 0 atom stereocenters. The summed E-state index contributed by atoms with van der Waals surface area (Å²) in [7, 11) is 0. The van der Waals surface area contributed by atoms with E-state index in [1.807, 2.05) is 41.8 Å². The van der Waals surface area contributed by atoms with Crippen molar-refractivity contribution in [3.8, 4) is 11.3 Å². The zero-order valence-electron chi connectivity index (χ0n) is 11.3. The molecule has 0 unspecified atom stereocenters. The average Bonchev–Trinajstić information content (AvgIpc) is 2.85. The van der Waals surface area contributed by atoms with Crippen LogP contribution in [0.4, 0.5) is 5.13 Å². The Morgan fingerprint density at radius 1 is 1.40 bits per heavy atom. The lowest BCUT2D eigenvalue weighted by Gasteiger charge is -1.99. The van der Waals surface area contributed by atoms with Gasteiger partial charge in [0.15, 0.2) is 5.13 Å². The van der Waals surface area contributed by atoms with Crippen LogP contribution in [0.15, 0.2) is 35.7 Å². The van der Waals surface area contributed by atoms with Crippen molar-refractivity contribution in [2.24, 2.45) is 0 Å². The third kappa shape index (κ3) is 4.20. The largest absolute Gasteiger partial charge is 0.375 e. The maximum Gasteiger partial charge on any atom is 0.216 e. The molecule has 2 aromatic rings. The molecule has 1 heterocycles. The highest BCUT2D eigenvalue weighted by Crippen LogP contribution is 2.23. The van der Waals surface area contributed by atoms with E-state index >= 15 is 0 Å². The highest BCUT2D eigenvalue weighted by atomic mass is 32.1. The second-order valence-electron chi connectivity index (χ2n) is 4.37. The Kier molecular flexibility index (Phi) is 4.90. The summed E-state index contributed by atoms with van der Waals surface area (Å²) in [5.41, 5.74) is 8.73. The number of hydrogen-bond acceptors (Lipinski definition) is 4. The van der Waals surface area contributed by atoms with E-state index in [1.165, 1.54) is 18.3 Å². The van der Waals surface area contributed by atoms with E-state index in [9.17, 15) is 4.79 Å². The quantitative estimate of drug-likeness (QED) is 0.831. The molecule has 2 rings (SSSR count). The van der Waals surface area contributed by atoms with Crippen LogP contribution in [-0.4, -0.2) is 17.4 Å². The topological polar surface area (TPSA) is 68.0 Å². The smallest absolute Gasteiger partial charge is 0.216 e. The zero-order valence-corrected chi connectivity index (χ0v) is 12.1. The van der Waals surface area contributed by atoms with Crippen LogP contribution in [0.5, 0.6) is 0 Å². The molecule has 0 aliphatic carbocycles. The summed E-state index contributed by atoms with van der Waals surface area (Å²) >= 11 is 1.44. The monoisotopic (exact) mass is 287 g/mol. The molecule has 1 amide bonds. The van der Waals surface area contributed by atoms with Crippen molar-refractivity contribution in [1.82, 2.24) is 10.3 Å². The predicted molar refractivity (Wildman–Crippen MR) is 84.3 cm³/mol. The van der Waals surface area contributed by atoms with E-state index < -0.39 is 0 Å². The second kappa shape index (κ2) is 6.86. The molecule has 0 aliphatic rings. The molecule has 4 nitrogen and oxygen atoms in total. The lowest BCUT2D eigenvalue weighted by molar-refractivity contribution is -0.118. The molecule has 3 N–H and O–H groups in total. The summed E-state index contributed by atoms with van der Waals surface area (Å²) in [4.78, 5) is 15.0. The molecule has 0 bridgehead atoms. The number of nitrogens with one attached hydrogen (secondary N) is 1. The van der Waals surface area contributed by atoms with E-state index in [0.29, 0.717) is 11.7 Å². The van der Waals surface area contributed by atoms with Gasteiger partial charge in [-0.3, -0.25) is 4.79 Å². The molecule has 5 heteroatoms. The average molecular weight is 287 g/mol. The van der Waals surface area contributed by atoms with Gasteiger partial charge in [0.2, 0.25) is 5.91 Å². The molecule has 0 aliphatic heterocycles. The van der Waals surface area contributed by atoms with Crippen molar-refractivity contribution in [2.75, 3.05) is 12.3 Å². The fourth-order valence-corrected chi connectivity index (χ4v) is 2.31. The van der Waals surface area contributed by atoms with Crippen molar-refractivity contribution >= 4 is 28.5 Å². The Bertz CT molecular complexity index is 602. The van der Waals surface area contributed by atoms with Crippen LogP contribution in [0.3, 0.4) is 0 Å². The number of thiazole rings is 1. The van der Waals surface area contributed by atoms with Crippen molar-refractivity contribution in [3.63, 3.8) is 0 Å². The Hall–Kier alpha value is -2.14. The first kappa shape index (κ1) is 14.3. The Labute approximate surface area is 122 Å². The number of nitrogens with two attached hydrogens (primary N) is 1. The minimum Gasteiger partial charge on any atom is -0.375 e. The number of aromatic nitrogens is 1. The van der Waals surface area contributed by atoms with Gasteiger partial charge in [-0.2, -0.15) is 0 Å². The standard InChI is InChI=1S/C15H17N3OS/c1-11(19)17-9-3-2-4-12-5-7-13(8-6-12)14-10-20-15(16)18-14/h2,4-8,10H,3,9H2,1H3,(H2,16,18)(H,17,19). The molecule has 0 saturated carbocycles. The van der Waals surface area contributed by atoms with Gasteiger partial charge < -0.3 is 11.1 Å². The van der Waals surface area contributed by atoms with Crippen molar-refractivity contribution in [1.29, 1.82) is 0 Å². The van der Waals surface area contributed by atoms with Crippen molar-refractivity contribution < 1.29 is 4.79 Å². The van der Waals surface area contributed by atoms with Crippen LogP contribution in [0.25, 0.3) is 17.3 Å². The summed E-state index contributed by atoms with van der Waals surface area (Å²) in [5.74, 6) is 0.00490. The van der Waals surface area contributed by atoms with E-state index in [1.54, 1.807) is 0 Å². The lowest BCUT2D eigenvalue weighted by atomic mass is 10.1. The van der Waals surface area contributed by atoms with Crippen LogP contribution < -0.4 is 11.1 Å². The fraction of sp³-hybridized carbons (Fsp3) is 0.200. The van der Waals surface area contributed by atoms with Gasteiger partial charge in [-0.15, -0.1) is 11.3 Å². The molecule has 0 fully saturated rings. The zero-order chi connectivity index (χ0) is 14.4. The second-order valence-corrected chi connectivity index (χ2v) is 5.26. The first-order valence-electron chi connectivity index (χ1n) is 6.37. The van der Waals surface area contributed by atoms with E-state index in [4.69, 9.17) is 5.73 Å². The molecule has 0 spiro atoms. The minimum absolute atomic E-state index is 0.00490. The Morgan fingerprint density at radius 2 is 2.15 bits per heavy atom.